The van der Waals surface area contributed by atoms with E-state index in [1.807, 2.05) is 17.0 Å². The molecule has 4 nitrogen and oxygen atoms in total. The van der Waals surface area contributed by atoms with Gasteiger partial charge in [0, 0.05) is 24.6 Å². The van der Waals surface area contributed by atoms with E-state index in [0.29, 0.717) is 6.04 Å². The Morgan fingerprint density at radius 2 is 2.22 bits per heavy atom. The Morgan fingerprint density at radius 3 is 2.89 bits per heavy atom. The molecule has 1 fully saturated rings. The summed E-state index contributed by atoms with van der Waals surface area (Å²) >= 11 is 0. The third-order valence-corrected chi connectivity index (χ3v) is 3.69. The molecular weight excluding hydrogens is 224 g/mol. The van der Waals surface area contributed by atoms with Crippen LogP contribution >= 0.6 is 0 Å². The second-order valence-corrected chi connectivity index (χ2v) is 4.91. The summed E-state index contributed by atoms with van der Waals surface area (Å²) in [7, 11) is 2.20. The van der Waals surface area contributed by atoms with Gasteiger partial charge in [-0.3, -0.25) is 9.47 Å². The minimum Gasteiger partial charge on any atom is -0.299 e. The number of hydrogen-bond donors (Lipinski definition) is 0. The minimum atomic E-state index is 0.531. The highest BCUT2D eigenvalue weighted by atomic mass is 15.1. The predicted octanol–water partition coefficient (Wildman–Crippen LogP) is 2.42. The summed E-state index contributed by atoms with van der Waals surface area (Å²) in [5.74, 6) is 0.926. The number of imidazole rings is 1. The lowest BCUT2D eigenvalue weighted by Crippen LogP contribution is -2.29. The summed E-state index contributed by atoms with van der Waals surface area (Å²) in [4.78, 5) is 11.0. The van der Waals surface area contributed by atoms with Gasteiger partial charge < -0.3 is 0 Å². The molecule has 4 heteroatoms. The van der Waals surface area contributed by atoms with Crippen LogP contribution in [-0.2, 0) is 0 Å². The van der Waals surface area contributed by atoms with Crippen molar-refractivity contribution in [2.45, 2.75) is 25.3 Å². The fourth-order valence-electron chi connectivity index (χ4n) is 2.64. The van der Waals surface area contributed by atoms with Crippen molar-refractivity contribution >= 4 is 0 Å². The van der Waals surface area contributed by atoms with Gasteiger partial charge in [0.25, 0.3) is 0 Å². The van der Waals surface area contributed by atoms with Crippen LogP contribution in [0.25, 0.3) is 5.82 Å². The molecular formula is C14H18N4. The maximum absolute atomic E-state index is 4.53. The average Bonchev–Trinajstić information content (AvgIpc) is 2.94. The van der Waals surface area contributed by atoms with Crippen LogP contribution in [0.1, 0.15) is 30.9 Å². The third-order valence-electron chi connectivity index (χ3n) is 3.69. The number of nitrogens with zero attached hydrogens (tertiary/aromatic N) is 4. The summed E-state index contributed by atoms with van der Waals surface area (Å²) in [5.41, 5.74) is 1.32. The van der Waals surface area contributed by atoms with Crippen LogP contribution in [0.2, 0.25) is 0 Å². The Morgan fingerprint density at radius 1 is 1.28 bits per heavy atom. The van der Waals surface area contributed by atoms with Crippen molar-refractivity contribution in [2.24, 2.45) is 0 Å². The van der Waals surface area contributed by atoms with Gasteiger partial charge in [0.2, 0.25) is 0 Å². The predicted molar refractivity (Wildman–Crippen MR) is 70.6 cm³/mol. The highest BCUT2D eigenvalue weighted by molar-refractivity contribution is 5.27. The van der Waals surface area contributed by atoms with Crippen LogP contribution in [-0.4, -0.2) is 33.0 Å². The van der Waals surface area contributed by atoms with Crippen molar-refractivity contribution in [1.82, 2.24) is 19.4 Å². The Bertz CT molecular complexity index is 489. The van der Waals surface area contributed by atoms with Crippen LogP contribution in [0.4, 0.5) is 0 Å². The van der Waals surface area contributed by atoms with Crippen LogP contribution in [0, 0.1) is 0 Å². The Kier molecular flexibility index (Phi) is 3.11. The minimum absolute atomic E-state index is 0.531. The number of pyridine rings is 1. The first kappa shape index (κ1) is 11.4. The van der Waals surface area contributed by atoms with Crippen molar-refractivity contribution in [3.8, 4) is 5.82 Å². The van der Waals surface area contributed by atoms with Crippen LogP contribution < -0.4 is 0 Å². The van der Waals surface area contributed by atoms with E-state index in [9.17, 15) is 0 Å². The molecule has 2 aromatic rings. The second kappa shape index (κ2) is 4.90. The van der Waals surface area contributed by atoms with Gasteiger partial charge in [-0.15, -0.1) is 0 Å². The Balaban J connectivity index is 1.82. The van der Waals surface area contributed by atoms with Crippen molar-refractivity contribution in [1.29, 1.82) is 0 Å². The highest BCUT2D eigenvalue weighted by Gasteiger charge is 2.20. The molecule has 0 unspecified atom stereocenters. The molecule has 0 saturated carbocycles. The largest absolute Gasteiger partial charge is 0.299 e. The Hall–Kier alpha value is -1.68. The van der Waals surface area contributed by atoms with Crippen LogP contribution in [0.15, 0.2) is 37.1 Å². The van der Waals surface area contributed by atoms with E-state index in [4.69, 9.17) is 0 Å². The molecule has 3 rings (SSSR count). The molecule has 0 spiro atoms. The number of hydrogen-bond acceptors (Lipinski definition) is 3. The third kappa shape index (κ3) is 2.16. The monoisotopic (exact) mass is 242 g/mol. The standard InChI is InChI=1S/C14H18N4/c1-17-8-3-2-4-13(17)12-5-6-14(16-10-12)18-9-7-15-11-18/h5-7,9-11,13H,2-4,8H2,1H3/t13-/m0/s1. The molecule has 0 aromatic carbocycles. The number of rotatable bonds is 2. The normalized spacial score (nSPS) is 21.1. The first-order valence-corrected chi connectivity index (χ1v) is 6.49. The zero-order valence-electron chi connectivity index (χ0n) is 10.7. The van der Waals surface area contributed by atoms with Gasteiger partial charge in [-0.2, -0.15) is 0 Å². The lowest BCUT2D eigenvalue weighted by atomic mass is 9.97. The van der Waals surface area contributed by atoms with Gasteiger partial charge in [-0.05, 0) is 38.1 Å². The van der Waals surface area contributed by atoms with Crippen molar-refractivity contribution < 1.29 is 0 Å². The fourth-order valence-corrected chi connectivity index (χ4v) is 2.64. The molecule has 18 heavy (non-hydrogen) atoms. The smallest absolute Gasteiger partial charge is 0.137 e. The van der Waals surface area contributed by atoms with Gasteiger partial charge in [-0.25, -0.2) is 9.97 Å². The van der Waals surface area contributed by atoms with Crippen LogP contribution in [0.5, 0.6) is 0 Å². The van der Waals surface area contributed by atoms with Crippen molar-refractivity contribution in [2.75, 3.05) is 13.6 Å². The van der Waals surface area contributed by atoms with E-state index in [2.05, 4.69) is 34.0 Å². The Labute approximate surface area is 107 Å². The van der Waals surface area contributed by atoms with E-state index in [1.54, 1.807) is 12.5 Å². The van der Waals surface area contributed by atoms with Crippen LogP contribution in [0.3, 0.4) is 0 Å². The zero-order chi connectivity index (χ0) is 12.4. The summed E-state index contributed by atoms with van der Waals surface area (Å²) in [6.45, 7) is 1.19. The fraction of sp³-hybridized carbons (Fsp3) is 0.429. The molecule has 1 atom stereocenters. The first-order valence-electron chi connectivity index (χ1n) is 6.49. The lowest BCUT2D eigenvalue weighted by molar-refractivity contribution is 0.187. The van der Waals surface area contributed by atoms with Crippen molar-refractivity contribution in [3.05, 3.63) is 42.6 Å². The van der Waals surface area contributed by atoms with Gasteiger partial charge in [0.1, 0.15) is 12.1 Å². The number of likely N-dealkylation sites (tertiary alicyclic amines) is 1. The summed E-state index contributed by atoms with van der Waals surface area (Å²) in [6, 6.07) is 4.79. The molecule has 1 aliphatic heterocycles. The summed E-state index contributed by atoms with van der Waals surface area (Å²) in [5, 5.41) is 0. The van der Waals surface area contributed by atoms with Gasteiger partial charge in [-0.1, -0.05) is 12.5 Å². The van der Waals surface area contributed by atoms with E-state index in [1.165, 1.54) is 31.4 Å². The zero-order valence-corrected chi connectivity index (χ0v) is 10.7. The van der Waals surface area contributed by atoms with Crippen molar-refractivity contribution in [3.63, 3.8) is 0 Å². The quantitative estimate of drug-likeness (QED) is 0.811. The molecule has 0 N–H and O–H groups in total. The number of piperidine rings is 1. The lowest BCUT2D eigenvalue weighted by Gasteiger charge is -2.32. The van der Waals surface area contributed by atoms with E-state index < -0.39 is 0 Å². The van der Waals surface area contributed by atoms with Gasteiger partial charge in [0.05, 0.1) is 0 Å². The maximum atomic E-state index is 4.53. The molecule has 3 heterocycles. The molecule has 0 bridgehead atoms. The molecule has 0 aliphatic carbocycles. The summed E-state index contributed by atoms with van der Waals surface area (Å²) < 4.78 is 1.92. The molecule has 2 aromatic heterocycles. The number of aromatic nitrogens is 3. The average molecular weight is 242 g/mol. The SMILES string of the molecule is CN1CCCC[C@H]1c1ccc(-n2ccnc2)nc1. The first-order chi connectivity index (χ1) is 8.84. The molecule has 0 amide bonds. The molecule has 1 saturated heterocycles. The van der Waals surface area contributed by atoms with E-state index in [-0.39, 0.29) is 0 Å². The maximum Gasteiger partial charge on any atom is 0.137 e. The molecule has 1 aliphatic rings. The van der Waals surface area contributed by atoms with E-state index in [0.717, 1.165) is 5.82 Å². The topological polar surface area (TPSA) is 34.0 Å². The van der Waals surface area contributed by atoms with Gasteiger partial charge in [0.15, 0.2) is 0 Å². The molecule has 0 radical (unpaired) electrons. The second-order valence-electron chi connectivity index (χ2n) is 4.91. The highest BCUT2D eigenvalue weighted by Crippen LogP contribution is 2.29. The van der Waals surface area contributed by atoms with Gasteiger partial charge >= 0.3 is 0 Å². The summed E-state index contributed by atoms with van der Waals surface area (Å²) in [6.07, 6.45) is 11.3. The van der Waals surface area contributed by atoms with E-state index >= 15 is 0 Å². The molecule has 94 valence electrons.